The normalized spacial score (nSPS) is 18.2. The van der Waals surface area contributed by atoms with Gasteiger partial charge in [0.1, 0.15) is 12.4 Å². The van der Waals surface area contributed by atoms with Crippen molar-refractivity contribution in [2.45, 2.75) is 18.9 Å². The summed E-state index contributed by atoms with van der Waals surface area (Å²) in [5.41, 5.74) is 0. The molecule has 0 aliphatic carbocycles. The van der Waals surface area contributed by atoms with E-state index >= 15 is 0 Å². The number of aromatic nitrogens is 2. The summed E-state index contributed by atoms with van der Waals surface area (Å²) in [7, 11) is 1.74. The minimum Gasteiger partial charge on any atom is -0.474 e. The number of ether oxygens (including phenoxy) is 2. The first-order chi connectivity index (χ1) is 8.38. The molecule has 2 rings (SSSR count). The second kappa shape index (κ2) is 6.51. The highest BCUT2D eigenvalue weighted by atomic mass is 16.5. The third-order valence-electron chi connectivity index (χ3n) is 2.99. The van der Waals surface area contributed by atoms with E-state index in [4.69, 9.17) is 9.47 Å². The molecular formula is C12H19N3O2. The molecule has 2 heterocycles. The Hall–Kier alpha value is -1.20. The molecule has 0 spiro atoms. The molecule has 0 saturated carbocycles. The highest BCUT2D eigenvalue weighted by Gasteiger charge is 2.20. The molecule has 5 nitrogen and oxygen atoms in total. The van der Waals surface area contributed by atoms with Crippen LogP contribution >= 0.6 is 0 Å². The van der Waals surface area contributed by atoms with E-state index < -0.39 is 0 Å². The highest BCUT2D eigenvalue weighted by Crippen LogP contribution is 2.16. The summed E-state index contributed by atoms with van der Waals surface area (Å²) >= 11 is 0. The van der Waals surface area contributed by atoms with Crippen LogP contribution in [0.15, 0.2) is 18.6 Å². The fourth-order valence-corrected chi connectivity index (χ4v) is 1.99. The number of rotatable bonds is 5. The summed E-state index contributed by atoms with van der Waals surface area (Å²) in [4.78, 5) is 10.4. The standard InChI is InChI=1S/C12H19N3O2/c1-16-9-8-15-6-3-11(4-7-15)17-12-2-5-13-10-14-12/h2,5,10-11H,3-4,6-9H2,1H3. The third-order valence-corrected chi connectivity index (χ3v) is 2.99. The predicted molar refractivity (Wildman–Crippen MR) is 64.0 cm³/mol. The van der Waals surface area contributed by atoms with E-state index in [1.807, 2.05) is 0 Å². The van der Waals surface area contributed by atoms with Crippen molar-refractivity contribution in [1.29, 1.82) is 0 Å². The van der Waals surface area contributed by atoms with Gasteiger partial charge in [-0.15, -0.1) is 0 Å². The third kappa shape index (κ3) is 3.94. The van der Waals surface area contributed by atoms with Crippen LogP contribution in [-0.4, -0.2) is 54.3 Å². The van der Waals surface area contributed by atoms with Crippen molar-refractivity contribution < 1.29 is 9.47 Å². The molecule has 0 bridgehead atoms. The van der Waals surface area contributed by atoms with Gasteiger partial charge >= 0.3 is 0 Å². The fourth-order valence-electron chi connectivity index (χ4n) is 1.99. The van der Waals surface area contributed by atoms with Crippen LogP contribution in [-0.2, 0) is 4.74 Å². The molecule has 0 aromatic carbocycles. The molecular weight excluding hydrogens is 218 g/mol. The molecule has 0 unspecified atom stereocenters. The van der Waals surface area contributed by atoms with E-state index in [0.29, 0.717) is 5.88 Å². The summed E-state index contributed by atoms with van der Waals surface area (Å²) < 4.78 is 10.9. The van der Waals surface area contributed by atoms with Crippen LogP contribution < -0.4 is 4.74 Å². The lowest BCUT2D eigenvalue weighted by atomic mass is 10.1. The predicted octanol–water partition coefficient (Wildman–Crippen LogP) is 0.966. The van der Waals surface area contributed by atoms with Gasteiger partial charge in [-0.3, -0.25) is 0 Å². The Morgan fingerprint density at radius 1 is 1.41 bits per heavy atom. The first-order valence-corrected chi connectivity index (χ1v) is 6.02. The maximum atomic E-state index is 5.80. The molecule has 0 atom stereocenters. The molecule has 1 aliphatic heterocycles. The van der Waals surface area contributed by atoms with Crippen LogP contribution in [0.25, 0.3) is 0 Å². The Morgan fingerprint density at radius 2 is 2.24 bits per heavy atom. The number of piperidine rings is 1. The van der Waals surface area contributed by atoms with Gasteiger partial charge in [-0.1, -0.05) is 0 Å². The minimum atomic E-state index is 0.281. The molecule has 1 fully saturated rings. The van der Waals surface area contributed by atoms with Crippen LogP contribution in [0.4, 0.5) is 0 Å². The molecule has 5 heteroatoms. The molecule has 1 aromatic heterocycles. The van der Waals surface area contributed by atoms with Crippen molar-refractivity contribution in [1.82, 2.24) is 14.9 Å². The molecule has 1 saturated heterocycles. The summed E-state index contributed by atoms with van der Waals surface area (Å²) in [5.74, 6) is 0.676. The molecule has 94 valence electrons. The van der Waals surface area contributed by atoms with Gasteiger partial charge in [-0.25, -0.2) is 9.97 Å². The van der Waals surface area contributed by atoms with Crippen LogP contribution in [0.2, 0.25) is 0 Å². The van der Waals surface area contributed by atoms with Gasteiger partial charge in [-0.05, 0) is 12.8 Å². The number of likely N-dealkylation sites (tertiary alicyclic amines) is 1. The van der Waals surface area contributed by atoms with Crippen molar-refractivity contribution in [3.63, 3.8) is 0 Å². The number of hydrogen-bond donors (Lipinski definition) is 0. The number of methoxy groups -OCH3 is 1. The molecule has 1 aromatic rings. The maximum Gasteiger partial charge on any atom is 0.216 e. The van der Waals surface area contributed by atoms with E-state index in [9.17, 15) is 0 Å². The van der Waals surface area contributed by atoms with Gasteiger partial charge in [0, 0.05) is 39.0 Å². The van der Waals surface area contributed by atoms with E-state index in [0.717, 1.165) is 39.1 Å². The lowest BCUT2D eigenvalue weighted by Crippen LogP contribution is -2.39. The average molecular weight is 237 g/mol. The van der Waals surface area contributed by atoms with E-state index in [2.05, 4.69) is 14.9 Å². The van der Waals surface area contributed by atoms with Gasteiger partial charge in [0.2, 0.25) is 5.88 Å². The Morgan fingerprint density at radius 3 is 2.88 bits per heavy atom. The van der Waals surface area contributed by atoms with Gasteiger partial charge < -0.3 is 14.4 Å². The SMILES string of the molecule is COCCN1CCC(Oc2ccncn2)CC1. The fraction of sp³-hybridized carbons (Fsp3) is 0.667. The van der Waals surface area contributed by atoms with Gasteiger partial charge in [-0.2, -0.15) is 0 Å². The zero-order valence-electron chi connectivity index (χ0n) is 10.2. The van der Waals surface area contributed by atoms with Crippen molar-refractivity contribution in [3.05, 3.63) is 18.6 Å². The lowest BCUT2D eigenvalue weighted by Gasteiger charge is -2.31. The zero-order valence-corrected chi connectivity index (χ0v) is 10.2. The summed E-state index contributed by atoms with van der Waals surface area (Å²) in [6, 6.07) is 1.80. The smallest absolute Gasteiger partial charge is 0.216 e. The summed E-state index contributed by atoms with van der Waals surface area (Å²) in [6.45, 7) is 3.95. The van der Waals surface area contributed by atoms with Gasteiger partial charge in [0.15, 0.2) is 0 Å². The average Bonchev–Trinajstić information content (AvgIpc) is 2.39. The second-order valence-electron chi connectivity index (χ2n) is 4.20. The second-order valence-corrected chi connectivity index (χ2v) is 4.20. The summed E-state index contributed by atoms with van der Waals surface area (Å²) in [5, 5.41) is 0. The monoisotopic (exact) mass is 237 g/mol. The van der Waals surface area contributed by atoms with Gasteiger partial charge in [0.05, 0.1) is 6.61 Å². The van der Waals surface area contributed by atoms with E-state index in [1.165, 1.54) is 6.33 Å². The zero-order chi connectivity index (χ0) is 11.9. The van der Waals surface area contributed by atoms with Crippen LogP contribution in [0.5, 0.6) is 5.88 Å². The molecule has 17 heavy (non-hydrogen) atoms. The molecule has 0 radical (unpaired) electrons. The quantitative estimate of drug-likeness (QED) is 0.763. The first kappa shape index (κ1) is 12.3. The molecule has 0 amide bonds. The largest absolute Gasteiger partial charge is 0.474 e. The van der Waals surface area contributed by atoms with Crippen molar-refractivity contribution >= 4 is 0 Å². The first-order valence-electron chi connectivity index (χ1n) is 6.02. The Kier molecular flexibility index (Phi) is 4.70. The molecule has 1 aliphatic rings. The van der Waals surface area contributed by atoms with Crippen molar-refractivity contribution in [2.75, 3.05) is 33.4 Å². The maximum absolute atomic E-state index is 5.80. The van der Waals surface area contributed by atoms with E-state index in [-0.39, 0.29) is 6.10 Å². The number of nitrogens with zero attached hydrogens (tertiary/aromatic N) is 3. The Bertz CT molecular complexity index is 313. The Balaban J connectivity index is 1.72. The number of hydrogen-bond acceptors (Lipinski definition) is 5. The van der Waals surface area contributed by atoms with Crippen LogP contribution in [0.3, 0.4) is 0 Å². The highest BCUT2D eigenvalue weighted by molar-refractivity contribution is 5.05. The van der Waals surface area contributed by atoms with Crippen molar-refractivity contribution in [3.8, 4) is 5.88 Å². The van der Waals surface area contributed by atoms with Crippen molar-refractivity contribution in [2.24, 2.45) is 0 Å². The molecule has 0 N–H and O–H groups in total. The van der Waals surface area contributed by atoms with E-state index in [1.54, 1.807) is 19.4 Å². The topological polar surface area (TPSA) is 47.5 Å². The minimum absolute atomic E-state index is 0.281. The van der Waals surface area contributed by atoms with Crippen LogP contribution in [0, 0.1) is 0 Å². The Labute approximate surface area is 102 Å². The lowest BCUT2D eigenvalue weighted by molar-refractivity contribution is 0.0772. The van der Waals surface area contributed by atoms with Crippen LogP contribution in [0.1, 0.15) is 12.8 Å². The summed E-state index contributed by atoms with van der Waals surface area (Å²) in [6.07, 6.45) is 5.60. The van der Waals surface area contributed by atoms with Gasteiger partial charge in [0.25, 0.3) is 0 Å².